The summed E-state index contributed by atoms with van der Waals surface area (Å²) >= 11 is 0. The minimum absolute atomic E-state index is 0.140. The number of halogens is 1. The van der Waals surface area contributed by atoms with Crippen LogP contribution < -0.4 is 5.32 Å². The molecule has 0 unspecified atom stereocenters. The lowest BCUT2D eigenvalue weighted by Crippen LogP contribution is -2.36. The Kier molecular flexibility index (Phi) is 4.95. The summed E-state index contributed by atoms with van der Waals surface area (Å²) in [6, 6.07) is 5.95. The Hall–Kier alpha value is -2.61. The Bertz CT molecular complexity index is 731. The van der Waals surface area contributed by atoms with Gasteiger partial charge < -0.3 is 10.2 Å². The van der Waals surface area contributed by atoms with Gasteiger partial charge in [0.15, 0.2) is 5.82 Å². The van der Waals surface area contributed by atoms with Crippen LogP contribution in [-0.4, -0.2) is 57.2 Å². The number of hydrogen-bond acceptors (Lipinski definition) is 5. The average Bonchev–Trinajstić information content (AvgIpc) is 2.85. The summed E-state index contributed by atoms with van der Waals surface area (Å²) in [5.41, 5.74) is 1.06. The molecule has 1 aromatic carbocycles. The first-order valence-corrected chi connectivity index (χ1v) is 7.88. The molecule has 1 saturated heterocycles. The molecule has 0 atom stereocenters. The van der Waals surface area contributed by atoms with Crippen LogP contribution >= 0.6 is 0 Å². The second-order valence-corrected chi connectivity index (χ2v) is 5.61. The van der Waals surface area contributed by atoms with Crippen LogP contribution in [-0.2, 0) is 4.79 Å². The number of hydrogen-bond donors (Lipinski definition) is 1. The highest BCUT2D eigenvalue weighted by Crippen LogP contribution is 2.16. The van der Waals surface area contributed by atoms with Gasteiger partial charge in [-0.15, -0.1) is 5.10 Å². The Morgan fingerprint density at radius 2 is 2.04 bits per heavy atom. The van der Waals surface area contributed by atoms with Crippen molar-refractivity contribution in [3.8, 4) is 0 Å². The van der Waals surface area contributed by atoms with E-state index in [2.05, 4.69) is 20.8 Å². The summed E-state index contributed by atoms with van der Waals surface area (Å²) in [5.74, 6) is 0.0558. The molecule has 24 heavy (non-hydrogen) atoms. The summed E-state index contributed by atoms with van der Waals surface area (Å²) in [5, 5.41) is 14.7. The van der Waals surface area contributed by atoms with Crippen molar-refractivity contribution in [3.05, 3.63) is 41.5 Å². The fourth-order valence-corrected chi connectivity index (χ4v) is 2.60. The van der Waals surface area contributed by atoms with Crippen molar-refractivity contribution < 1.29 is 9.18 Å². The van der Waals surface area contributed by atoms with Crippen LogP contribution in [0.15, 0.2) is 24.3 Å². The van der Waals surface area contributed by atoms with E-state index in [0.29, 0.717) is 30.2 Å². The van der Waals surface area contributed by atoms with Gasteiger partial charge in [0.05, 0.1) is 0 Å². The fraction of sp³-hybridized carbons (Fsp3) is 0.375. The third kappa shape index (κ3) is 3.65. The Balaban J connectivity index is 1.97. The highest BCUT2D eigenvalue weighted by Gasteiger charge is 2.23. The van der Waals surface area contributed by atoms with Gasteiger partial charge in [-0.25, -0.2) is 4.39 Å². The first-order chi connectivity index (χ1) is 11.6. The number of rotatable bonds is 3. The molecule has 1 amide bonds. The van der Waals surface area contributed by atoms with E-state index in [1.807, 2.05) is 0 Å². The lowest BCUT2D eigenvalue weighted by atomic mass is 10.1. The van der Waals surface area contributed by atoms with Crippen LogP contribution in [0.25, 0.3) is 11.8 Å². The normalized spacial score (nSPS) is 16.1. The van der Waals surface area contributed by atoms with Crippen molar-refractivity contribution in [1.82, 2.24) is 30.4 Å². The number of nitrogens with one attached hydrogen (secondary N) is 1. The molecule has 2 aromatic rings. The molecule has 1 aromatic heterocycles. The van der Waals surface area contributed by atoms with Crippen LogP contribution in [0.2, 0.25) is 0 Å². The van der Waals surface area contributed by atoms with Gasteiger partial charge in [0.1, 0.15) is 11.5 Å². The van der Waals surface area contributed by atoms with E-state index in [-0.39, 0.29) is 11.7 Å². The Morgan fingerprint density at radius 1 is 1.25 bits per heavy atom. The number of benzene rings is 1. The first kappa shape index (κ1) is 16.3. The van der Waals surface area contributed by atoms with Crippen molar-refractivity contribution >= 4 is 17.7 Å². The monoisotopic (exact) mass is 330 g/mol. The summed E-state index contributed by atoms with van der Waals surface area (Å²) in [6.07, 6.45) is 2.58. The number of aromatic nitrogens is 4. The van der Waals surface area contributed by atoms with Crippen molar-refractivity contribution in [2.24, 2.45) is 0 Å². The van der Waals surface area contributed by atoms with Gasteiger partial charge in [-0.05, 0) is 54.1 Å². The molecule has 0 spiro atoms. The van der Waals surface area contributed by atoms with Gasteiger partial charge in [-0.1, -0.05) is 12.1 Å². The molecule has 126 valence electrons. The molecule has 3 rings (SSSR count). The molecule has 1 N–H and O–H groups in total. The lowest BCUT2D eigenvalue weighted by Gasteiger charge is -2.21. The Morgan fingerprint density at radius 3 is 2.75 bits per heavy atom. The standard InChI is InChI=1S/C16H19FN6O/c1-12-19-20-21-23(12)15(11-13-3-5-14(17)6-4-13)16(24)22-9-2-7-18-8-10-22/h3-6,11,18H,2,7-10H2,1H3/b15-11+. The number of aryl methyl sites for hydroxylation is 1. The average molecular weight is 330 g/mol. The zero-order valence-electron chi connectivity index (χ0n) is 13.4. The zero-order chi connectivity index (χ0) is 16.9. The Labute approximate surface area is 139 Å². The maximum absolute atomic E-state index is 13.1. The molecular weight excluding hydrogens is 311 g/mol. The van der Waals surface area contributed by atoms with Gasteiger partial charge in [0.25, 0.3) is 5.91 Å². The minimum Gasteiger partial charge on any atom is -0.336 e. The number of tetrazole rings is 1. The van der Waals surface area contributed by atoms with Gasteiger partial charge in [-0.3, -0.25) is 4.79 Å². The third-order valence-electron chi connectivity index (χ3n) is 3.87. The SMILES string of the molecule is Cc1nnnn1/C(=C/c1ccc(F)cc1)C(=O)N1CCCNCC1. The van der Waals surface area contributed by atoms with Crippen LogP contribution in [0, 0.1) is 12.7 Å². The second kappa shape index (κ2) is 7.31. The van der Waals surface area contributed by atoms with Crippen LogP contribution in [0.5, 0.6) is 0 Å². The van der Waals surface area contributed by atoms with E-state index in [4.69, 9.17) is 0 Å². The van der Waals surface area contributed by atoms with Gasteiger partial charge in [-0.2, -0.15) is 4.68 Å². The largest absolute Gasteiger partial charge is 0.336 e. The number of nitrogens with zero attached hydrogens (tertiary/aromatic N) is 5. The van der Waals surface area contributed by atoms with E-state index < -0.39 is 0 Å². The predicted octanol–water partition coefficient (Wildman–Crippen LogP) is 0.941. The minimum atomic E-state index is -0.322. The van der Waals surface area contributed by atoms with E-state index in [9.17, 15) is 9.18 Å². The molecule has 8 heteroatoms. The van der Waals surface area contributed by atoms with Crippen LogP contribution in [0.4, 0.5) is 4.39 Å². The van der Waals surface area contributed by atoms with Gasteiger partial charge in [0.2, 0.25) is 0 Å². The lowest BCUT2D eigenvalue weighted by molar-refractivity contribution is -0.125. The maximum atomic E-state index is 13.1. The second-order valence-electron chi connectivity index (χ2n) is 5.61. The van der Waals surface area contributed by atoms with Crippen LogP contribution in [0.3, 0.4) is 0 Å². The number of carbonyl (C=O) groups excluding carboxylic acids is 1. The van der Waals surface area contributed by atoms with Crippen molar-refractivity contribution in [3.63, 3.8) is 0 Å². The molecule has 0 bridgehead atoms. The molecule has 7 nitrogen and oxygen atoms in total. The van der Waals surface area contributed by atoms with Gasteiger partial charge >= 0.3 is 0 Å². The number of amides is 1. The number of carbonyl (C=O) groups is 1. The van der Waals surface area contributed by atoms with Crippen molar-refractivity contribution in [2.75, 3.05) is 26.2 Å². The maximum Gasteiger partial charge on any atom is 0.272 e. The molecule has 1 aliphatic heterocycles. The molecule has 0 radical (unpaired) electrons. The quantitative estimate of drug-likeness (QED) is 0.848. The molecule has 1 fully saturated rings. The topological polar surface area (TPSA) is 75.9 Å². The van der Waals surface area contributed by atoms with E-state index in [1.165, 1.54) is 16.8 Å². The van der Waals surface area contributed by atoms with Gasteiger partial charge in [0, 0.05) is 19.6 Å². The van der Waals surface area contributed by atoms with Crippen LogP contribution in [0.1, 0.15) is 17.8 Å². The highest BCUT2D eigenvalue weighted by atomic mass is 19.1. The van der Waals surface area contributed by atoms with Crippen molar-refractivity contribution in [1.29, 1.82) is 0 Å². The van der Waals surface area contributed by atoms with Crippen molar-refractivity contribution in [2.45, 2.75) is 13.3 Å². The molecular formula is C16H19FN6O. The first-order valence-electron chi connectivity index (χ1n) is 7.88. The van der Waals surface area contributed by atoms with E-state index in [1.54, 1.807) is 30.0 Å². The fourth-order valence-electron chi connectivity index (χ4n) is 2.60. The highest BCUT2D eigenvalue weighted by molar-refractivity contribution is 6.18. The smallest absolute Gasteiger partial charge is 0.272 e. The molecule has 1 aliphatic rings. The van der Waals surface area contributed by atoms with E-state index >= 15 is 0 Å². The molecule has 0 saturated carbocycles. The third-order valence-corrected chi connectivity index (χ3v) is 3.87. The summed E-state index contributed by atoms with van der Waals surface area (Å²) in [7, 11) is 0. The zero-order valence-corrected chi connectivity index (χ0v) is 13.4. The molecule has 0 aliphatic carbocycles. The molecule has 2 heterocycles. The predicted molar refractivity (Wildman–Crippen MR) is 87.2 cm³/mol. The summed E-state index contributed by atoms with van der Waals surface area (Å²) < 4.78 is 14.5. The van der Waals surface area contributed by atoms with E-state index in [0.717, 1.165) is 19.5 Å². The summed E-state index contributed by atoms with van der Waals surface area (Å²) in [6.45, 7) is 4.68. The summed E-state index contributed by atoms with van der Waals surface area (Å²) in [4.78, 5) is 14.8.